The predicted octanol–water partition coefficient (Wildman–Crippen LogP) is 2.31. The molecule has 2 unspecified atom stereocenters. The van der Waals surface area contributed by atoms with Gasteiger partial charge in [-0.3, -0.25) is 9.59 Å². The van der Waals surface area contributed by atoms with Gasteiger partial charge >= 0.3 is 0 Å². The van der Waals surface area contributed by atoms with Crippen LogP contribution in [0.15, 0.2) is 52.3 Å². The van der Waals surface area contributed by atoms with Crippen LogP contribution in [0.1, 0.15) is 40.1 Å². The van der Waals surface area contributed by atoms with E-state index in [1.807, 2.05) is 13.8 Å². The van der Waals surface area contributed by atoms with E-state index in [9.17, 15) is 18.0 Å². The number of rotatable bonds is 1. The molecule has 2 aliphatic rings. The standard InChI is InChI=1S/C20H19NO5S/c1-12-10-21(11-13(2)26-12)20(23)14-7-8-16-18(9-14)27(24,25)17-6-4-3-5-15(17)19(16)22/h3-9,12-13H,10-11H2,1-2H3. The van der Waals surface area contributed by atoms with Gasteiger partial charge in [-0.15, -0.1) is 0 Å². The number of carbonyl (C=O) groups is 2. The fourth-order valence-electron chi connectivity index (χ4n) is 3.74. The van der Waals surface area contributed by atoms with Crippen LogP contribution in [0.2, 0.25) is 0 Å². The maximum absolute atomic E-state index is 13.0. The van der Waals surface area contributed by atoms with Crippen LogP contribution in [-0.4, -0.2) is 50.3 Å². The first-order valence-electron chi connectivity index (χ1n) is 8.76. The minimum atomic E-state index is -3.86. The van der Waals surface area contributed by atoms with E-state index in [2.05, 4.69) is 0 Å². The van der Waals surface area contributed by atoms with Crippen molar-refractivity contribution in [1.82, 2.24) is 4.90 Å². The molecule has 2 atom stereocenters. The summed E-state index contributed by atoms with van der Waals surface area (Å²) in [5, 5.41) is 0. The van der Waals surface area contributed by atoms with Gasteiger partial charge < -0.3 is 9.64 Å². The highest BCUT2D eigenvalue weighted by molar-refractivity contribution is 7.91. The first kappa shape index (κ1) is 17.9. The van der Waals surface area contributed by atoms with E-state index in [0.717, 1.165) is 0 Å². The fraction of sp³-hybridized carbons (Fsp3) is 0.300. The normalized spacial score (nSPS) is 23.5. The number of benzene rings is 2. The molecule has 0 radical (unpaired) electrons. The summed E-state index contributed by atoms with van der Waals surface area (Å²) in [6, 6.07) is 10.4. The van der Waals surface area contributed by atoms with E-state index >= 15 is 0 Å². The average molecular weight is 385 g/mol. The average Bonchev–Trinajstić information content (AvgIpc) is 2.65. The zero-order valence-corrected chi connectivity index (χ0v) is 15.8. The van der Waals surface area contributed by atoms with Crippen molar-refractivity contribution in [3.05, 3.63) is 59.2 Å². The van der Waals surface area contributed by atoms with E-state index in [1.165, 1.54) is 30.3 Å². The summed E-state index contributed by atoms with van der Waals surface area (Å²) < 4.78 is 31.6. The smallest absolute Gasteiger partial charge is 0.254 e. The number of sulfone groups is 1. The molecular formula is C20H19NO5S. The van der Waals surface area contributed by atoms with Gasteiger partial charge in [0, 0.05) is 29.8 Å². The fourth-order valence-corrected chi connectivity index (χ4v) is 5.42. The Morgan fingerprint density at radius 3 is 2.33 bits per heavy atom. The van der Waals surface area contributed by atoms with Crippen molar-refractivity contribution in [1.29, 1.82) is 0 Å². The SMILES string of the molecule is CC1CN(C(=O)c2ccc3c(c2)S(=O)(=O)c2ccccc2C3=O)CC(C)O1. The topological polar surface area (TPSA) is 80.8 Å². The summed E-state index contributed by atoms with van der Waals surface area (Å²) in [4.78, 5) is 27.1. The molecule has 2 aromatic rings. The van der Waals surface area contributed by atoms with Crippen LogP contribution in [-0.2, 0) is 14.6 Å². The summed E-state index contributed by atoms with van der Waals surface area (Å²) in [6.45, 7) is 4.66. The van der Waals surface area contributed by atoms with E-state index in [0.29, 0.717) is 13.1 Å². The molecule has 0 aromatic heterocycles. The monoisotopic (exact) mass is 385 g/mol. The quantitative estimate of drug-likeness (QED) is 0.642. The summed E-state index contributed by atoms with van der Waals surface area (Å²) in [7, 11) is -3.86. The van der Waals surface area contributed by atoms with Crippen LogP contribution >= 0.6 is 0 Å². The van der Waals surface area contributed by atoms with Crippen molar-refractivity contribution in [3.63, 3.8) is 0 Å². The molecule has 2 aromatic carbocycles. The van der Waals surface area contributed by atoms with Gasteiger partial charge in [0.15, 0.2) is 5.78 Å². The number of morpholine rings is 1. The second kappa shape index (κ2) is 6.28. The Morgan fingerprint density at radius 1 is 1.00 bits per heavy atom. The number of amides is 1. The Balaban J connectivity index is 1.77. The molecule has 0 bridgehead atoms. The lowest BCUT2D eigenvalue weighted by atomic mass is 10.0. The van der Waals surface area contributed by atoms with Crippen molar-refractivity contribution in [2.45, 2.75) is 35.8 Å². The van der Waals surface area contributed by atoms with Gasteiger partial charge in [-0.25, -0.2) is 8.42 Å². The van der Waals surface area contributed by atoms with Crippen LogP contribution in [0.5, 0.6) is 0 Å². The molecule has 0 saturated carbocycles. The summed E-state index contributed by atoms with van der Waals surface area (Å²) in [5.41, 5.74) is 0.527. The van der Waals surface area contributed by atoms with Crippen LogP contribution in [0, 0.1) is 0 Å². The molecule has 27 heavy (non-hydrogen) atoms. The molecule has 7 heteroatoms. The Hall–Kier alpha value is -2.51. The number of ether oxygens (including phenoxy) is 1. The molecule has 0 aliphatic carbocycles. The largest absolute Gasteiger partial charge is 0.372 e. The minimum absolute atomic E-state index is 0.0132. The Bertz CT molecular complexity index is 1050. The van der Waals surface area contributed by atoms with Gasteiger partial charge in [0.2, 0.25) is 9.84 Å². The zero-order chi connectivity index (χ0) is 19.3. The Kier molecular flexibility index (Phi) is 4.16. The van der Waals surface area contributed by atoms with Gasteiger partial charge in [-0.1, -0.05) is 12.1 Å². The number of fused-ring (bicyclic) bond motifs is 2. The lowest BCUT2D eigenvalue weighted by Gasteiger charge is -2.35. The maximum Gasteiger partial charge on any atom is 0.254 e. The summed E-state index contributed by atoms with van der Waals surface area (Å²) in [5.74, 6) is -0.607. The third kappa shape index (κ3) is 2.87. The van der Waals surface area contributed by atoms with Crippen LogP contribution in [0.3, 0.4) is 0 Å². The zero-order valence-electron chi connectivity index (χ0n) is 15.0. The molecule has 4 rings (SSSR count). The molecule has 0 spiro atoms. The van der Waals surface area contributed by atoms with E-state index in [1.54, 1.807) is 17.0 Å². The van der Waals surface area contributed by atoms with E-state index in [4.69, 9.17) is 4.74 Å². The highest BCUT2D eigenvalue weighted by Gasteiger charge is 2.35. The Morgan fingerprint density at radius 2 is 1.63 bits per heavy atom. The molecule has 2 heterocycles. The van der Waals surface area contributed by atoms with Crippen LogP contribution < -0.4 is 0 Å². The van der Waals surface area contributed by atoms with Crippen molar-refractivity contribution >= 4 is 21.5 Å². The lowest BCUT2D eigenvalue weighted by Crippen LogP contribution is -2.48. The highest BCUT2D eigenvalue weighted by atomic mass is 32.2. The maximum atomic E-state index is 13.0. The van der Waals surface area contributed by atoms with Crippen molar-refractivity contribution in [3.8, 4) is 0 Å². The molecule has 1 saturated heterocycles. The molecule has 1 amide bonds. The number of nitrogens with zero attached hydrogens (tertiary/aromatic N) is 1. The van der Waals surface area contributed by atoms with Crippen molar-refractivity contribution in [2.24, 2.45) is 0 Å². The van der Waals surface area contributed by atoms with Gasteiger partial charge in [0.25, 0.3) is 5.91 Å². The van der Waals surface area contributed by atoms with Gasteiger partial charge in [-0.05, 0) is 44.2 Å². The molecule has 1 fully saturated rings. The third-order valence-electron chi connectivity index (χ3n) is 4.89. The van der Waals surface area contributed by atoms with E-state index in [-0.39, 0.29) is 50.4 Å². The van der Waals surface area contributed by atoms with Gasteiger partial charge in [0.1, 0.15) is 0 Å². The van der Waals surface area contributed by atoms with Crippen molar-refractivity contribution in [2.75, 3.05) is 13.1 Å². The second-order valence-corrected chi connectivity index (χ2v) is 8.89. The minimum Gasteiger partial charge on any atom is -0.372 e. The number of carbonyl (C=O) groups excluding carboxylic acids is 2. The molecule has 2 aliphatic heterocycles. The highest BCUT2D eigenvalue weighted by Crippen LogP contribution is 2.35. The third-order valence-corrected chi connectivity index (χ3v) is 6.74. The molecular weight excluding hydrogens is 366 g/mol. The number of hydrogen-bond acceptors (Lipinski definition) is 5. The Labute approximate surface area is 157 Å². The van der Waals surface area contributed by atoms with E-state index < -0.39 is 9.84 Å². The number of hydrogen-bond donors (Lipinski definition) is 0. The van der Waals surface area contributed by atoms with Crippen LogP contribution in [0.4, 0.5) is 0 Å². The van der Waals surface area contributed by atoms with Gasteiger partial charge in [0.05, 0.1) is 22.0 Å². The van der Waals surface area contributed by atoms with Gasteiger partial charge in [-0.2, -0.15) is 0 Å². The first-order valence-corrected chi connectivity index (χ1v) is 10.2. The number of ketones is 1. The molecule has 140 valence electrons. The second-order valence-electron chi connectivity index (χ2n) is 7.01. The lowest BCUT2D eigenvalue weighted by molar-refractivity contribution is -0.0586. The first-order chi connectivity index (χ1) is 12.8. The summed E-state index contributed by atoms with van der Waals surface area (Å²) >= 11 is 0. The van der Waals surface area contributed by atoms with Crippen LogP contribution in [0.25, 0.3) is 0 Å². The predicted molar refractivity (Wildman–Crippen MR) is 97.7 cm³/mol. The van der Waals surface area contributed by atoms with Crippen molar-refractivity contribution < 1.29 is 22.7 Å². The molecule has 6 nitrogen and oxygen atoms in total. The summed E-state index contributed by atoms with van der Waals surface area (Å²) in [6.07, 6.45) is -0.181. The molecule has 0 N–H and O–H groups in total.